The van der Waals surface area contributed by atoms with Crippen molar-refractivity contribution in [1.29, 1.82) is 0 Å². The van der Waals surface area contributed by atoms with Crippen molar-refractivity contribution >= 4 is 27.8 Å². The highest BCUT2D eigenvalue weighted by molar-refractivity contribution is 7.91. The molecule has 0 spiro atoms. The van der Waals surface area contributed by atoms with Gasteiger partial charge in [0, 0.05) is 0 Å². The molecule has 0 unspecified atom stereocenters. The number of methoxy groups -OCH3 is 2. The van der Waals surface area contributed by atoms with E-state index >= 15 is 0 Å². The Kier molecular flexibility index (Phi) is 5.65. The number of carbonyl (C=O) groups excluding carboxylic acids is 2. The monoisotopic (exact) mass is 396 g/mol. The molecule has 13 heteroatoms. The highest BCUT2D eigenvalue weighted by Gasteiger charge is 2.22. The van der Waals surface area contributed by atoms with Crippen molar-refractivity contribution in [2.24, 2.45) is 11.5 Å². The van der Waals surface area contributed by atoms with Gasteiger partial charge in [0.15, 0.2) is 5.82 Å². The molecule has 0 radical (unpaired) electrons. The molecule has 0 saturated heterocycles. The van der Waals surface area contributed by atoms with E-state index in [-0.39, 0.29) is 34.4 Å². The van der Waals surface area contributed by atoms with Gasteiger partial charge in [-0.3, -0.25) is 9.52 Å². The quantitative estimate of drug-likeness (QED) is 0.485. The van der Waals surface area contributed by atoms with Gasteiger partial charge in [0.25, 0.3) is 0 Å². The average molecular weight is 396 g/mol. The van der Waals surface area contributed by atoms with E-state index in [9.17, 15) is 18.0 Å². The van der Waals surface area contributed by atoms with Crippen molar-refractivity contribution in [3.8, 4) is 23.1 Å². The van der Waals surface area contributed by atoms with Crippen LogP contribution in [-0.2, 0) is 10.2 Å². The molecule has 27 heavy (non-hydrogen) atoms. The van der Waals surface area contributed by atoms with Crippen molar-refractivity contribution in [3.05, 3.63) is 29.8 Å². The maximum absolute atomic E-state index is 12.0. The van der Waals surface area contributed by atoms with Crippen LogP contribution in [-0.4, -0.2) is 44.5 Å². The largest absolute Gasteiger partial charge is 0.481 e. The molecule has 0 atom stereocenters. The molecule has 1 aromatic heterocycles. The molecule has 0 bridgehead atoms. The molecule has 2 aromatic rings. The van der Waals surface area contributed by atoms with E-state index < -0.39 is 22.1 Å². The second kappa shape index (κ2) is 7.74. The Balaban J connectivity index is 2.70. The zero-order valence-electron chi connectivity index (χ0n) is 14.2. The Hall–Kier alpha value is -3.61. The minimum atomic E-state index is -4.38. The Morgan fingerprint density at radius 1 is 1.07 bits per heavy atom. The minimum Gasteiger partial charge on any atom is -0.481 e. The Morgan fingerprint density at radius 3 is 2.15 bits per heavy atom. The smallest absolute Gasteiger partial charge is 0.327 e. The molecular weight excluding hydrogens is 380 g/mol. The van der Waals surface area contributed by atoms with Gasteiger partial charge in [-0.05, 0) is 12.1 Å². The molecule has 1 aromatic carbocycles. The number of nitrogens with one attached hydrogen (secondary N) is 2. The summed E-state index contributed by atoms with van der Waals surface area (Å²) in [4.78, 5) is 30.9. The summed E-state index contributed by atoms with van der Waals surface area (Å²) in [5, 5.41) is 0. The van der Waals surface area contributed by atoms with Gasteiger partial charge in [0.05, 0.1) is 37.1 Å². The second-order valence-corrected chi connectivity index (χ2v) is 6.36. The van der Waals surface area contributed by atoms with Crippen molar-refractivity contribution in [2.75, 3.05) is 18.9 Å². The van der Waals surface area contributed by atoms with E-state index in [4.69, 9.17) is 20.9 Å². The number of anilines is 1. The van der Waals surface area contributed by atoms with Crippen LogP contribution >= 0.6 is 0 Å². The number of amides is 3. The predicted molar refractivity (Wildman–Crippen MR) is 94.4 cm³/mol. The van der Waals surface area contributed by atoms with Crippen molar-refractivity contribution in [3.63, 3.8) is 0 Å². The average Bonchev–Trinajstić information content (AvgIpc) is 2.59. The number of hydrogen-bond acceptors (Lipinski definition) is 8. The van der Waals surface area contributed by atoms with Gasteiger partial charge in [-0.1, -0.05) is 6.07 Å². The van der Waals surface area contributed by atoms with Crippen LogP contribution in [0, 0.1) is 0 Å². The summed E-state index contributed by atoms with van der Waals surface area (Å²) in [5.74, 6) is -0.767. The summed E-state index contributed by atoms with van der Waals surface area (Å²) in [6.07, 6.45) is 0. The van der Waals surface area contributed by atoms with E-state index in [1.165, 1.54) is 43.2 Å². The fourth-order valence-electron chi connectivity index (χ4n) is 2.11. The lowest BCUT2D eigenvalue weighted by atomic mass is 10.0. The molecule has 3 amide bonds. The van der Waals surface area contributed by atoms with Gasteiger partial charge in [-0.15, -0.1) is 0 Å². The zero-order chi connectivity index (χ0) is 20.2. The summed E-state index contributed by atoms with van der Waals surface area (Å²) in [6, 6.07) is 4.14. The Morgan fingerprint density at radius 2 is 1.67 bits per heavy atom. The maximum atomic E-state index is 12.0. The van der Waals surface area contributed by atoms with E-state index in [2.05, 4.69) is 14.7 Å². The second-order valence-electron chi connectivity index (χ2n) is 4.94. The first kappa shape index (κ1) is 19.7. The van der Waals surface area contributed by atoms with Gasteiger partial charge in [-0.2, -0.15) is 18.4 Å². The van der Waals surface area contributed by atoms with Crippen LogP contribution in [0.3, 0.4) is 0 Å². The Bertz CT molecular complexity index is 971. The molecular formula is C14H16N6O6S. The van der Waals surface area contributed by atoms with Gasteiger partial charge in [0.1, 0.15) is 0 Å². The molecule has 12 nitrogen and oxygen atoms in total. The lowest BCUT2D eigenvalue weighted by molar-refractivity contribution is 0.100. The number of primary amides is 2. The molecule has 0 saturated carbocycles. The third-order valence-corrected chi connectivity index (χ3v) is 4.09. The molecule has 0 aliphatic rings. The van der Waals surface area contributed by atoms with Crippen LogP contribution in [0.25, 0.3) is 11.4 Å². The normalized spacial score (nSPS) is 10.7. The van der Waals surface area contributed by atoms with Crippen LogP contribution in [0.4, 0.5) is 10.5 Å². The standard InChI is InChI=1S/C14H16N6O6S/c1-25-9-6-10(26-2)18-13(17-9)11-7(12(15)21)4-3-5-8(11)19-27(23,24)20-14(16)22/h3-6,19H,1-2H3,(H2,15,21)(H3,16,20,22). The first-order chi connectivity index (χ1) is 12.7. The van der Waals surface area contributed by atoms with Crippen LogP contribution in [0.15, 0.2) is 24.3 Å². The van der Waals surface area contributed by atoms with E-state index in [0.717, 1.165) is 0 Å². The predicted octanol–water partition coefficient (Wildman–Crippen LogP) is -0.415. The number of rotatable bonds is 7. The summed E-state index contributed by atoms with van der Waals surface area (Å²) in [6.45, 7) is 0. The number of ether oxygens (including phenoxy) is 2. The number of nitrogens with two attached hydrogens (primary N) is 2. The van der Waals surface area contributed by atoms with Gasteiger partial charge in [0.2, 0.25) is 17.7 Å². The highest BCUT2D eigenvalue weighted by atomic mass is 32.2. The van der Waals surface area contributed by atoms with Crippen LogP contribution in [0.2, 0.25) is 0 Å². The topological polar surface area (TPSA) is 189 Å². The lowest BCUT2D eigenvalue weighted by Gasteiger charge is -2.15. The summed E-state index contributed by atoms with van der Waals surface area (Å²) < 4.78 is 37.7. The molecule has 0 fully saturated rings. The zero-order valence-corrected chi connectivity index (χ0v) is 15.0. The first-order valence-electron chi connectivity index (χ1n) is 7.17. The molecule has 144 valence electrons. The van der Waals surface area contributed by atoms with Crippen LogP contribution in [0.5, 0.6) is 11.8 Å². The number of urea groups is 1. The van der Waals surface area contributed by atoms with Gasteiger partial charge < -0.3 is 20.9 Å². The van der Waals surface area contributed by atoms with Crippen molar-refractivity contribution in [2.45, 2.75) is 0 Å². The summed E-state index contributed by atoms with van der Waals surface area (Å²) >= 11 is 0. The number of benzene rings is 1. The minimum absolute atomic E-state index is 0.0444. The van der Waals surface area contributed by atoms with E-state index in [0.29, 0.717) is 0 Å². The van der Waals surface area contributed by atoms with E-state index in [1.54, 1.807) is 0 Å². The highest BCUT2D eigenvalue weighted by Crippen LogP contribution is 2.32. The third kappa shape index (κ3) is 4.72. The lowest BCUT2D eigenvalue weighted by Crippen LogP contribution is -2.39. The Labute approximate surface area is 154 Å². The van der Waals surface area contributed by atoms with Crippen molar-refractivity contribution < 1.29 is 27.5 Å². The molecule has 2 rings (SSSR count). The summed E-state index contributed by atoms with van der Waals surface area (Å²) in [7, 11) is -1.68. The van der Waals surface area contributed by atoms with Gasteiger partial charge >= 0.3 is 16.2 Å². The summed E-state index contributed by atoms with van der Waals surface area (Å²) in [5.41, 5.74) is 9.96. The SMILES string of the molecule is COc1cc(OC)nc(-c2c(NS(=O)(=O)NC(N)=O)cccc2C(N)=O)n1. The number of hydrogen-bond donors (Lipinski definition) is 4. The number of carbonyl (C=O) groups is 2. The van der Waals surface area contributed by atoms with Crippen molar-refractivity contribution in [1.82, 2.24) is 14.7 Å². The van der Waals surface area contributed by atoms with E-state index in [1.807, 2.05) is 0 Å². The third-order valence-electron chi connectivity index (χ3n) is 3.13. The molecule has 0 aliphatic carbocycles. The fourth-order valence-corrected chi connectivity index (χ4v) is 2.89. The molecule has 1 heterocycles. The molecule has 6 N–H and O–H groups in total. The van der Waals surface area contributed by atoms with Crippen LogP contribution in [0.1, 0.15) is 10.4 Å². The number of nitrogens with zero attached hydrogens (tertiary/aromatic N) is 2. The fraction of sp³-hybridized carbons (Fsp3) is 0.143. The first-order valence-corrected chi connectivity index (χ1v) is 8.65. The maximum Gasteiger partial charge on any atom is 0.327 e. The number of aromatic nitrogens is 2. The van der Waals surface area contributed by atoms with Crippen LogP contribution < -0.4 is 30.4 Å². The molecule has 0 aliphatic heterocycles. The van der Waals surface area contributed by atoms with Gasteiger partial charge in [-0.25, -0.2) is 9.52 Å².